The molecule has 0 saturated carbocycles. The summed E-state index contributed by atoms with van der Waals surface area (Å²) in [7, 11) is -3.70. The maximum atomic E-state index is 12.7. The fourth-order valence-electron chi connectivity index (χ4n) is 2.78. The lowest BCUT2D eigenvalue weighted by molar-refractivity contribution is -0.119. The number of nitrogens with zero attached hydrogens (tertiary/aromatic N) is 3. The number of rotatable bonds is 5. The predicted octanol–water partition coefficient (Wildman–Crippen LogP) is 2.18. The molecular weight excluding hydrogens is 380 g/mol. The zero-order chi connectivity index (χ0) is 18.1. The predicted molar refractivity (Wildman–Crippen MR) is 91.9 cm³/mol. The summed E-state index contributed by atoms with van der Waals surface area (Å²) in [6, 6.07) is 5.58. The largest absolute Gasteiger partial charge is 0.459 e. The van der Waals surface area contributed by atoms with Crippen LogP contribution >= 0.6 is 11.3 Å². The van der Waals surface area contributed by atoms with Crippen molar-refractivity contribution in [3.8, 4) is 11.7 Å². The van der Waals surface area contributed by atoms with E-state index in [9.17, 15) is 13.2 Å². The van der Waals surface area contributed by atoms with Gasteiger partial charge in [0.05, 0.1) is 6.26 Å². The van der Waals surface area contributed by atoms with Crippen molar-refractivity contribution in [2.24, 2.45) is 0 Å². The van der Waals surface area contributed by atoms with E-state index >= 15 is 0 Å². The van der Waals surface area contributed by atoms with Gasteiger partial charge in [0, 0.05) is 6.54 Å². The van der Waals surface area contributed by atoms with Crippen LogP contribution in [0, 0.1) is 0 Å². The van der Waals surface area contributed by atoms with Crippen molar-refractivity contribution >= 4 is 33.3 Å². The van der Waals surface area contributed by atoms with Gasteiger partial charge in [-0.15, -0.1) is 16.4 Å². The van der Waals surface area contributed by atoms with Crippen LogP contribution < -0.4 is 5.32 Å². The molecule has 0 aromatic carbocycles. The standard InChI is InChI=1S/C15H14N4O5S2/c20-13(16-15-18-17-14(24-15)11-5-2-8-23-11)10-4-1-7-19(10)26(21,22)12-6-3-9-25-12/h2-3,5-6,8-10H,1,4,7H2,(H,16,18,20)/t10-/m0/s1. The van der Waals surface area contributed by atoms with Crippen molar-refractivity contribution in [3.05, 3.63) is 35.9 Å². The van der Waals surface area contributed by atoms with Crippen LogP contribution in [-0.4, -0.2) is 41.4 Å². The molecule has 9 nitrogen and oxygen atoms in total. The summed E-state index contributed by atoms with van der Waals surface area (Å²) < 4.78 is 37.4. The molecule has 1 atom stereocenters. The van der Waals surface area contributed by atoms with Gasteiger partial charge in [0.1, 0.15) is 10.3 Å². The monoisotopic (exact) mass is 394 g/mol. The smallest absolute Gasteiger partial charge is 0.322 e. The average Bonchev–Trinajstić information content (AvgIpc) is 3.42. The number of hydrogen-bond acceptors (Lipinski definition) is 8. The number of thiophene rings is 1. The Balaban J connectivity index is 1.51. The van der Waals surface area contributed by atoms with Gasteiger partial charge in [-0.05, 0) is 36.4 Å². The third-order valence-corrected chi connectivity index (χ3v) is 7.23. The number of carbonyl (C=O) groups is 1. The normalized spacial score (nSPS) is 18.2. The van der Waals surface area contributed by atoms with Gasteiger partial charge in [0.25, 0.3) is 15.9 Å². The summed E-state index contributed by atoms with van der Waals surface area (Å²) in [5.74, 6) is -0.00201. The highest BCUT2D eigenvalue weighted by Gasteiger charge is 2.40. The highest BCUT2D eigenvalue weighted by molar-refractivity contribution is 7.91. The van der Waals surface area contributed by atoms with Gasteiger partial charge in [-0.25, -0.2) is 8.42 Å². The number of sulfonamides is 1. The quantitative estimate of drug-likeness (QED) is 0.704. The minimum absolute atomic E-state index is 0.109. The van der Waals surface area contributed by atoms with Crippen molar-refractivity contribution in [2.75, 3.05) is 11.9 Å². The van der Waals surface area contributed by atoms with Gasteiger partial charge in [-0.2, -0.15) is 4.31 Å². The van der Waals surface area contributed by atoms with Crippen LogP contribution in [0.4, 0.5) is 6.01 Å². The summed E-state index contributed by atoms with van der Waals surface area (Å²) in [5, 5.41) is 11.7. The molecule has 1 saturated heterocycles. The molecule has 26 heavy (non-hydrogen) atoms. The molecule has 3 aromatic heterocycles. The first kappa shape index (κ1) is 16.9. The van der Waals surface area contributed by atoms with Crippen molar-refractivity contribution in [1.29, 1.82) is 0 Å². The molecule has 3 aromatic rings. The van der Waals surface area contributed by atoms with Gasteiger partial charge < -0.3 is 8.83 Å². The van der Waals surface area contributed by atoms with Crippen molar-refractivity contribution in [2.45, 2.75) is 23.1 Å². The second kappa shape index (κ2) is 6.67. The van der Waals surface area contributed by atoms with Gasteiger partial charge in [0.15, 0.2) is 5.76 Å². The van der Waals surface area contributed by atoms with E-state index in [2.05, 4.69) is 15.5 Å². The lowest BCUT2D eigenvalue weighted by atomic mass is 10.2. The van der Waals surface area contributed by atoms with Gasteiger partial charge in [-0.1, -0.05) is 11.2 Å². The summed E-state index contributed by atoms with van der Waals surface area (Å²) in [4.78, 5) is 12.6. The fraction of sp³-hybridized carbons (Fsp3) is 0.267. The van der Waals surface area contributed by atoms with Crippen LogP contribution in [0.2, 0.25) is 0 Å². The number of furan rings is 1. The first-order valence-electron chi connectivity index (χ1n) is 7.79. The van der Waals surface area contributed by atoms with Crippen LogP contribution in [0.3, 0.4) is 0 Å². The first-order valence-corrected chi connectivity index (χ1v) is 10.1. The number of amides is 1. The highest BCUT2D eigenvalue weighted by atomic mass is 32.2. The Kier molecular flexibility index (Phi) is 4.34. The molecule has 1 aliphatic heterocycles. The molecule has 4 heterocycles. The number of anilines is 1. The minimum atomic E-state index is -3.70. The molecule has 0 spiro atoms. The zero-order valence-corrected chi connectivity index (χ0v) is 15.0. The Morgan fingerprint density at radius 3 is 2.92 bits per heavy atom. The van der Waals surface area contributed by atoms with Crippen LogP contribution in [0.1, 0.15) is 12.8 Å². The molecule has 0 bridgehead atoms. The molecule has 0 aliphatic carbocycles. The Hall–Kier alpha value is -2.50. The molecule has 136 valence electrons. The van der Waals surface area contributed by atoms with Gasteiger partial charge in [0.2, 0.25) is 5.91 Å². The average molecular weight is 394 g/mol. The van der Waals surface area contributed by atoms with E-state index < -0.39 is 22.0 Å². The van der Waals surface area contributed by atoms with Crippen molar-refractivity contribution in [3.63, 3.8) is 0 Å². The molecule has 0 unspecified atom stereocenters. The van der Waals surface area contributed by atoms with E-state index in [-0.39, 0.29) is 16.1 Å². The van der Waals surface area contributed by atoms with Gasteiger partial charge >= 0.3 is 6.01 Å². The topological polar surface area (TPSA) is 119 Å². The maximum Gasteiger partial charge on any atom is 0.322 e. The minimum Gasteiger partial charge on any atom is -0.459 e. The summed E-state index contributed by atoms with van der Waals surface area (Å²) in [5.41, 5.74) is 0. The number of carbonyl (C=O) groups excluding carboxylic acids is 1. The van der Waals surface area contributed by atoms with E-state index in [1.54, 1.807) is 23.6 Å². The summed E-state index contributed by atoms with van der Waals surface area (Å²) in [6.07, 6.45) is 2.49. The molecule has 11 heteroatoms. The molecular formula is C15H14N4O5S2. The maximum absolute atomic E-state index is 12.7. The van der Waals surface area contributed by atoms with Gasteiger partial charge in [-0.3, -0.25) is 10.1 Å². The van der Waals surface area contributed by atoms with Crippen LogP contribution in [0.25, 0.3) is 11.7 Å². The molecule has 1 N–H and O–H groups in total. The Bertz CT molecular complexity index is 995. The lowest BCUT2D eigenvalue weighted by Gasteiger charge is -2.21. The van der Waals surface area contributed by atoms with Crippen molar-refractivity contribution in [1.82, 2.24) is 14.5 Å². The summed E-state index contributed by atoms with van der Waals surface area (Å²) in [6.45, 7) is 0.291. The SMILES string of the molecule is O=C(Nc1nnc(-c2ccco2)o1)[C@@H]1CCCN1S(=O)(=O)c1cccs1. The van der Waals surface area contributed by atoms with Crippen LogP contribution in [0.15, 0.2) is 49.0 Å². The number of aromatic nitrogens is 2. The summed E-state index contributed by atoms with van der Waals surface area (Å²) >= 11 is 1.12. The highest BCUT2D eigenvalue weighted by Crippen LogP contribution is 2.29. The molecule has 1 amide bonds. The van der Waals surface area contributed by atoms with Crippen LogP contribution in [0.5, 0.6) is 0 Å². The molecule has 0 radical (unpaired) electrons. The molecule has 1 fully saturated rings. The number of hydrogen-bond donors (Lipinski definition) is 1. The fourth-order valence-corrected chi connectivity index (χ4v) is 5.55. The Labute approximate surface area is 152 Å². The number of nitrogens with one attached hydrogen (secondary N) is 1. The van der Waals surface area contributed by atoms with Crippen LogP contribution in [-0.2, 0) is 14.8 Å². The van der Waals surface area contributed by atoms with E-state index in [0.29, 0.717) is 25.1 Å². The second-order valence-corrected chi connectivity index (χ2v) is 8.65. The lowest BCUT2D eigenvalue weighted by Crippen LogP contribution is -2.42. The zero-order valence-electron chi connectivity index (χ0n) is 13.4. The third kappa shape index (κ3) is 3.04. The Morgan fingerprint density at radius 1 is 1.31 bits per heavy atom. The van der Waals surface area contributed by atoms with Crippen molar-refractivity contribution < 1.29 is 22.0 Å². The van der Waals surface area contributed by atoms with E-state index in [1.165, 1.54) is 16.6 Å². The molecule has 1 aliphatic rings. The molecule has 4 rings (SSSR count). The Morgan fingerprint density at radius 2 is 2.19 bits per heavy atom. The van der Waals surface area contributed by atoms with E-state index in [4.69, 9.17) is 8.83 Å². The van der Waals surface area contributed by atoms with E-state index in [1.807, 2.05) is 0 Å². The third-order valence-electron chi connectivity index (χ3n) is 3.95. The van der Waals surface area contributed by atoms with E-state index in [0.717, 1.165) is 11.3 Å². The second-order valence-electron chi connectivity index (χ2n) is 5.58. The first-order chi connectivity index (χ1) is 12.6.